The Morgan fingerprint density at radius 3 is 1.39 bits per heavy atom. The molecule has 0 heterocycles. The van der Waals surface area contributed by atoms with Gasteiger partial charge in [0, 0.05) is 19.4 Å². The minimum absolute atomic E-state index is 0.00377. The highest BCUT2D eigenvalue weighted by atomic mass is 16.4. The zero-order valence-electron chi connectivity index (χ0n) is 35.3. The van der Waals surface area contributed by atoms with Gasteiger partial charge in [-0.3, -0.25) is 43.3 Å². The van der Waals surface area contributed by atoms with Gasteiger partial charge in [-0.25, -0.2) is 4.79 Å². The second-order valence-electron chi connectivity index (χ2n) is 15.0. The number of amides is 6. The van der Waals surface area contributed by atoms with Gasteiger partial charge in [-0.15, -0.1) is 0 Å². The van der Waals surface area contributed by atoms with Gasteiger partial charge in [0.1, 0.15) is 36.3 Å². The van der Waals surface area contributed by atoms with E-state index in [1.165, 1.54) is 6.92 Å². The molecule has 0 aromatic rings. The molecule has 0 saturated carbocycles. The zero-order valence-corrected chi connectivity index (χ0v) is 35.3. The van der Waals surface area contributed by atoms with Crippen LogP contribution in [0.5, 0.6) is 0 Å². The van der Waals surface area contributed by atoms with E-state index in [0.717, 1.165) is 0 Å². The van der Waals surface area contributed by atoms with E-state index in [1.54, 1.807) is 13.8 Å². The van der Waals surface area contributed by atoms with Crippen LogP contribution < -0.4 is 60.6 Å². The monoisotopic (exact) mass is 873 g/mol. The maximum Gasteiger partial charge on any atom is 0.326 e. The highest BCUT2D eigenvalue weighted by molar-refractivity contribution is 5.97. The van der Waals surface area contributed by atoms with Crippen molar-refractivity contribution in [2.75, 3.05) is 19.6 Å². The highest BCUT2D eigenvalue weighted by Crippen LogP contribution is 2.10. The summed E-state index contributed by atoms with van der Waals surface area (Å²) in [6, 6.07) is -9.19. The molecular formula is C37H68N12O12. The van der Waals surface area contributed by atoms with E-state index in [9.17, 15) is 53.4 Å². The molecule has 0 aliphatic rings. The van der Waals surface area contributed by atoms with Crippen molar-refractivity contribution in [3.05, 3.63) is 0 Å². The number of aliphatic carboxylic acids is 3. The van der Waals surface area contributed by atoms with Crippen molar-refractivity contribution in [1.82, 2.24) is 31.9 Å². The quantitative estimate of drug-likeness (QED) is 0.0172. The van der Waals surface area contributed by atoms with Gasteiger partial charge >= 0.3 is 17.9 Å². The first-order valence-electron chi connectivity index (χ1n) is 20.3. The van der Waals surface area contributed by atoms with Gasteiger partial charge in [-0.2, -0.15) is 0 Å². The summed E-state index contributed by atoms with van der Waals surface area (Å²) in [5.41, 5.74) is 27.7. The largest absolute Gasteiger partial charge is 0.481 e. The fraction of sp³-hybridized carbons (Fsp3) is 0.730. The number of carboxylic acids is 3. The molecule has 6 amide bonds. The van der Waals surface area contributed by atoms with Crippen molar-refractivity contribution in [3.63, 3.8) is 0 Å². The summed E-state index contributed by atoms with van der Waals surface area (Å²) in [6.07, 6.45) is 0.415. The summed E-state index contributed by atoms with van der Waals surface area (Å²) in [4.78, 5) is 118. The minimum Gasteiger partial charge on any atom is -0.481 e. The third kappa shape index (κ3) is 24.9. The number of unbranched alkanes of at least 4 members (excludes halogenated alkanes) is 2. The van der Waals surface area contributed by atoms with Crippen LogP contribution in [0, 0.1) is 5.92 Å². The lowest BCUT2D eigenvalue weighted by molar-refractivity contribution is -0.143. The number of nitrogens with one attached hydrogen (secondary N) is 6. The van der Waals surface area contributed by atoms with Gasteiger partial charge < -0.3 is 75.9 Å². The van der Waals surface area contributed by atoms with E-state index in [0.29, 0.717) is 32.2 Å². The normalized spacial score (nSPS) is 14.4. The van der Waals surface area contributed by atoms with Crippen LogP contribution in [0.4, 0.5) is 0 Å². The van der Waals surface area contributed by atoms with Crippen LogP contribution in [0.2, 0.25) is 0 Å². The Kier molecular flexibility index (Phi) is 27.6. The Morgan fingerprint density at radius 1 is 0.508 bits per heavy atom. The van der Waals surface area contributed by atoms with Crippen molar-refractivity contribution in [2.24, 2.45) is 39.6 Å². The van der Waals surface area contributed by atoms with Crippen LogP contribution >= 0.6 is 0 Å². The molecular weight excluding hydrogens is 804 g/mol. The molecule has 19 N–H and O–H groups in total. The topological polar surface area (TPSA) is 429 Å². The zero-order chi connectivity index (χ0) is 46.7. The number of aliphatic imine (C=N–C) groups is 1. The summed E-state index contributed by atoms with van der Waals surface area (Å²) in [5, 5.41) is 42.8. The van der Waals surface area contributed by atoms with Crippen LogP contribution in [-0.4, -0.2) is 137 Å². The van der Waals surface area contributed by atoms with E-state index >= 15 is 0 Å². The number of carbonyl (C=O) groups is 9. The first kappa shape index (κ1) is 55.4. The number of nitrogens with zero attached hydrogens (tertiary/aromatic N) is 1. The minimum atomic E-state index is -1.49. The van der Waals surface area contributed by atoms with Crippen molar-refractivity contribution in [2.45, 2.75) is 147 Å². The predicted octanol–water partition coefficient (Wildman–Crippen LogP) is -3.59. The molecule has 348 valence electrons. The molecule has 0 aromatic heterocycles. The molecule has 0 rings (SSSR count). The Bertz CT molecular complexity index is 1490. The highest BCUT2D eigenvalue weighted by Gasteiger charge is 2.33. The summed E-state index contributed by atoms with van der Waals surface area (Å²) >= 11 is 0. The van der Waals surface area contributed by atoms with Crippen LogP contribution in [0.3, 0.4) is 0 Å². The van der Waals surface area contributed by atoms with Crippen LogP contribution in [0.25, 0.3) is 0 Å². The Hall–Kier alpha value is -5.62. The van der Waals surface area contributed by atoms with Crippen LogP contribution in [0.1, 0.15) is 104 Å². The number of carbonyl (C=O) groups excluding carboxylic acids is 6. The maximum absolute atomic E-state index is 13.6. The van der Waals surface area contributed by atoms with E-state index in [1.807, 2.05) is 0 Å². The van der Waals surface area contributed by atoms with Crippen LogP contribution in [0.15, 0.2) is 4.99 Å². The number of nitrogens with two attached hydrogens (primary N) is 5. The van der Waals surface area contributed by atoms with Crippen molar-refractivity contribution in [3.8, 4) is 0 Å². The van der Waals surface area contributed by atoms with E-state index in [-0.39, 0.29) is 63.5 Å². The number of carboxylic acid groups (broad SMARTS) is 3. The summed E-state index contributed by atoms with van der Waals surface area (Å²) in [6.45, 7) is 5.51. The Balaban J connectivity index is 6.16. The third-order valence-corrected chi connectivity index (χ3v) is 9.10. The number of hydrogen-bond donors (Lipinski definition) is 14. The predicted molar refractivity (Wildman–Crippen MR) is 222 cm³/mol. The maximum atomic E-state index is 13.6. The molecule has 61 heavy (non-hydrogen) atoms. The van der Waals surface area contributed by atoms with Gasteiger partial charge in [-0.05, 0) is 96.6 Å². The second kappa shape index (κ2) is 30.4. The van der Waals surface area contributed by atoms with Crippen LogP contribution in [-0.2, 0) is 43.2 Å². The second-order valence-corrected chi connectivity index (χ2v) is 15.0. The SMILES string of the molecule is CC(C)CC(NC(=O)C(CCCN=C(N)N)NC(=O)C(N)CCC(=O)O)C(=O)NC(C)C(=O)NC(CCCCN)C(=O)NC(CCC(=O)O)C(=O)NC(CCCCN)C(=O)O. The summed E-state index contributed by atoms with van der Waals surface area (Å²) in [5.74, 6) is -9.21. The molecule has 0 fully saturated rings. The van der Waals surface area contributed by atoms with Gasteiger partial charge in [0.15, 0.2) is 5.96 Å². The number of hydrogen-bond acceptors (Lipinski definition) is 13. The molecule has 0 aliphatic heterocycles. The molecule has 0 aliphatic carbocycles. The lowest BCUT2D eigenvalue weighted by Crippen LogP contribution is -2.59. The molecule has 7 unspecified atom stereocenters. The Morgan fingerprint density at radius 2 is 0.918 bits per heavy atom. The van der Waals surface area contributed by atoms with Crippen molar-refractivity contribution < 1.29 is 58.5 Å². The lowest BCUT2D eigenvalue weighted by Gasteiger charge is -2.27. The molecule has 0 saturated heterocycles. The first-order valence-corrected chi connectivity index (χ1v) is 20.3. The molecule has 0 radical (unpaired) electrons. The molecule has 0 bridgehead atoms. The lowest BCUT2D eigenvalue weighted by atomic mass is 10.0. The fourth-order valence-corrected chi connectivity index (χ4v) is 5.71. The van der Waals surface area contributed by atoms with Crippen molar-refractivity contribution in [1.29, 1.82) is 0 Å². The van der Waals surface area contributed by atoms with Gasteiger partial charge in [0.25, 0.3) is 0 Å². The molecule has 24 heteroatoms. The molecule has 24 nitrogen and oxygen atoms in total. The molecule has 0 aromatic carbocycles. The van der Waals surface area contributed by atoms with Crippen molar-refractivity contribution >= 4 is 59.3 Å². The molecule has 0 spiro atoms. The number of guanidine groups is 1. The average molecular weight is 873 g/mol. The summed E-state index contributed by atoms with van der Waals surface area (Å²) < 4.78 is 0. The number of rotatable bonds is 33. The van der Waals surface area contributed by atoms with Gasteiger partial charge in [0.05, 0.1) is 6.04 Å². The van der Waals surface area contributed by atoms with E-state index < -0.39 is 115 Å². The van der Waals surface area contributed by atoms with Gasteiger partial charge in [0.2, 0.25) is 35.4 Å². The third-order valence-electron chi connectivity index (χ3n) is 9.10. The standard InChI is InChI=1S/C37H68N12O12/c1-20(2)19-27(49-33(57)24(11-8-18-43-37(41)42)46-31(55)22(40)12-14-28(50)51)35(59)44-21(3)30(54)45-23(9-4-6-16-38)32(56)47-25(13-15-29(52)53)34(58)48-26(36(60)61)10-5-7-17-39/h20-27H,4-19,38-40H2,1-3H3,(H,44,59)(H,45,54)(H,46,55)(H,47,56)(H,48,58)(H,49,57)(H,50,51)(H,52,53)(H,60,61)(H4,41,42,43). The Labute approximate surface area is 355 Å². The fourth-order valence-electron chi connectivity index (χ4n) is 5.71. The molecule has 7 atom stereocenters. The van der Waals surface area contributed by atoms with Gasteiger partial charge in [-0.1, -0.05) is 13.8 Å². The summed E-state index contributed by atoms with van der Waals surface area (Å²) in [7, 11) is 0. The smallest absolute Gasteiger partial charge is 0.326 e. The van der Waals surface area contributed by atoms with E-state index in [2.05, 4.69) is 36.9 Å². The first-order chi connectivity index (χ1) is 28.6. The van der Waals surface area contributed by atoms with E-state index in [4.69, 9.17) is 33.8 Å². The average Bonchev–Trinajstić information content (AvgIpc) is 3.17.